The molecule has 4 nitrogen and oxygen atoms in total. The molecular weight excluding hydrogens is 252 g/mol. The van der Waals surface area contributed by atoms with Gasteiger partial charge in [0.25, 0.3) is 0 Å². The lowest BCUT2D eigenvalue weighted by Crippen LogP contribution is -1.81. The van der Waals surface area contributed by atoms with Crippen LogP contribution in [0.5, 0.6) is 0 Å². The predicted octanol–water partition coefficient (Wildman–Crippen LogP) is 2.82. The van der Waals surface area contributed by atoms with E-state index >= 15 is 0 Å². The molecule has 0 fully saturated rings. The third-order valence-corrected chi connectivity index (χ3v) is 4.12. The maximum atomic E-state index is 5.74. The average Bonchev–Trinajstić information content (AvgIpc) is 2.71. The van der Waals surface area contributed by atoms with Crippen LogP contribution in [0.2, 0.25) is 0 Å². The standard InChI is InChI=1S/C11H8N4S2/c12-7-1-2-8-9(5-7)16-11(15-8)17-10-6-13-3-4-14-10/h1-6H,12H2. The van der Waals surface area contributed by atoms with E-state index in [4.69, 9.17) is 5.73 Å². The van der Waals surface area contributed by atoms with Crippen LogP contribution in [0.4, 0.5) is 5.69 Å². The number of fused-ring (bicyclic) bond motifs is 1. The number of thiazole rings is 1. The van der Waals surface area contributed by atoms with E-state index in [9.17, 15) is 0 Å². The van der Waals surface area contributed by atoms with Crippen molar-refractivity contribution in [1.29, 1.82) is 0 Å². The van der Waals surface area contributed by atoms with Crippen LogP contribution in [-0.2, 0) is 0 Å². The maximum absolute atomic E-state index is 5.74. The first kappa shape index (κ1) is 10.5. The van der Waals surface area contributed by atoms with E-state index in [0.29, 0.717) is 0 Å². The van der Waals surface area contributed by atoms with Crippen LogP contribution < -0.4 is 5.73 Å². The fourth-order valence-corrected chi connectivity index (χ4v) is 3.38. The molecule has 0 aliphatic rings. The Morgan fingerprint density at radius 2 is 2.18 bits per heavy atom. The Labute approximate surface area is 106 Å². The number of anilines is 1. The fourth-order valence-electron chi connectivity index (χ4n) is 1.39. The highest BCUT2D eigenvalue weighted by Gasteiger charge is 2.06. The van der Waals surface area contributed by atoms with Gasteiger partial charge in [-0.1, -0.05) is 0 Å². The van der Waals surface area contributed by atoms with Gasteiger partial charge < -0.3 is 5.73 Å². The van der Waals surface area contributed by atoms with E-state index in [0.717, 1.165) is 25.3 Å². The van der Waals surface area contributed by atoms with Crippen molar-refractivity contribution < 1.29 is 0 Å². The van der Waals surface area contributed by atoms with Crippen LogP contribution in [0, 0.1) is 0 Å². The van der Waals surface area contributed by atoms with Crippen LogP contribution in [0.25, 0.3) is 10.2 Å². The van der Waals surface area contributed by atoms with Gasteiger partial charge in [-0.05, 0) is 30.0 Å². The van der Waals surface area contributed by atoms with Crippen LogP contribution in [0.3, 0.4) is 0 Å². The predicted molar refractivity (Wildman–Crippen MR) is 70.2 cm³/mol. The highest BCUT2D eigenvalue weighted by molar-refractivity contribution is 8.01. The zero-order chi connectivity index (χ0) is 11.7. The third kappa shape index (κ3) is 2.22. The molecule has 3 rings (SSSR count). The Bertz CT molecular complexity index is 651. The first-order chi connectivity index (χ1) is 8.31. The highest BCUT2D eigenvalue weighted by Crippen LogP contribution is 2.33. The van der Waals surface area contributed by atoms with E-state index in [1.165, 1.54) is 11.8 Å². The van der Waals surface area contributed by atoms with Crippen molar-refractivity contribution >= 4 is 39.0 Å². The van der Waals surface area contributed by atoms with Crippen molar-refractivity contribution in [2.24, 2.45) is 0 Å². The Morgan fingerprint density at radius 3 is 3.00 bits per heavy atom. The minimum Gasteiger partial charge on any atom is -0.399 e. The average molecular weight is 260 g/mol. The second-order valence-corrected chi connectivity index (χ2v) is 5.65. The molecule has 0 unspecified atom stereocenters. The van der Waals surface area contributed by atoms with Crippen LogP contribution in [0.15, 0.2) is 46.2 Å². The SMILES string of the molecule is Nc1ccc2nc(Sc3cnccn3)sc2c1. The fraction of sp³-hybridized carbons (Fsp3) is 0. The molecule has 0 radical (unpaired) electrons. The number of hydrogen-bond donors (Lipinski definition) is 1. The van der Waals surface area contributed by atoms with Crippen molar-refractivity contribution in [3.8, 4) is 0 Å². The van der Waals surface area contributed by atoms with Gasteiger partial charge in [0.1, 0.15) is 5.03 Å². The first-order valence-corrected chi connectivity index (χ1v) is 6.54. The second kappa shape index (κ2) is 4.31. The highest BCUT2D eigenvalue weighted by atomic mass is 32.2. The quantitative estimate of drug-likeness (QED) is 0.718. The van der Waals surface area contributed by atoms with Crippen molar-refractivity contribution in [1.82, 2.24) is 15.0 Å². The third-order valence-electron chi connectivity index (χ3n) is 2.12. The summed E-state index contributed by atoms with van der Waals surface area (Å²) in [7, 11) is 0. The summed E-state index contributed by atoms with van der Waals surface area (Å²) in [5.74, 6) is 0. The zero-order valence-corrected chi connectivity index (χ0v) is 10.3. The van der Waals surface area contributed by atoms with Crippen molar-refractivity contribution in [2.75, 3.05) is 5.73 Å². The van der Waals surface area contributed by atoms with E-state index < -0.39 is 0 Å². The van der Waals surface area contributed by atoms with E-state index in [2.05, 4.69) is 15.0 Å². The van der Waals surface area contributed by atoms with Crippen LogP contribution >= 0.6 is 23.1 Å². The summed E-state index contributed by atoms with van der Waals surface area (Å²) >= 11 is 3.12. The molecule has 0 aliphatic heterocycles. The number of nitrogens with zero attached hydrogens (tertiary/aromatic N) is 3. The van der Waals surface area contributed by atoms with Gasteiger partial charge in [-0.15, -0.1) is 11.3 Å². The molecule has 0 atom stereocenters. The Hall–Kier alpha value is -1.66. The minimum atomic E-state index is 0.761. The molecule has 3 aromatic rings. The maximum Gasteiger partial charge on any atom is 0.157 e. The summed E-state index contributed by atoms with van der Waals surface area (Å²) in [4.78, 5) is 12.7. The summed E-state index contributed by atoms with van der Waals surface area (Å²) in [6.45, 7) is 0. The molecule has 0 saturated heterocycles. The van der Waals surface area contributed by atoms with Crippen molar-refractivity contribution in [2.45, 2.75) is 9.37 Å². The molecule has 6 heteroatoms. The van der Waals surface area contributed by atoms with Gasteiger partial charge >= 0.3 is 0 Å². The van der Waals surface area contributed by atoms with E-state index in [1.54, 1.807) is 29.9 Å². The molecule has 0 aliphatic carbocycles. The summed E-state index contributed by atoms with van der Waals surface area (Å²) < 4.78 is 2.04. The monoisotopic (exact) mass is 260 g/mol. The number of nitrogen functional groups attached to an aromatic ring is 1. The summed E-state index contributed by atoms with van der Waals surface area (Å²) in [6.07, 6.45) is 5.06. The first-order valence-electron chi connectivity index (χ1n) is 4.91. The van der Waals surface area contributed by atoms with E-state index in [1.807, 2.05) is 18.2 Å². The molecule has 17 heavy (non-hydrogen) atoms. The summed E-state index contributed by atoms with van der Waals surface area (Å²) in [6, 6.07) is 5.73. The molecular formula is C11H8N4S2. The Kier molecular flexibility index (Phi) is 2.66. The molecule has 2 N–H and O–H groups in total. The number of benzene rings is 1. The lowest BCUT2D eigenvalue weighted by molar-refractivity contribution is 1.05. The zero-order valence-electron chi connectivity index (χ0n) is 8.70. The lowest BCUT2D eigenvalue weighted by atomic mass is 10.3. The molecule has 0 saturated carbocycles. The summed E-state index contributed by atoms with van der Waals surface area (Å²) in [5, 5.41) is 0.847. The number of nitrogens with two attached hydrogens (primary N) is 1. The normalized spacial score (nSPS) is 10.8. The number of aromatic nitrogens is 3. The van der Waals surface area contributed by atoms with Gasteiger partial charge in [0, 0.05) is 18.1 Å². The second-order valence-electron chi connectivity index (χ2n) is 3.35. The van der Waals surface area contributed by atoms with Crippen LogP contribution in [0.1, 0.15) is 0 Å². The van der Waals surface area contributed by atoms with E-state index in [-0.39, 0.29) is 0 Å². The van der Waals surface area contributed by atoms with Crippen molar-refractivity contribution in [3.63, 3.8) is 0 Å². The largest absolute Gasteiger partial charge is 0.399 e. The molecule has 0 amide bonds. The number of hydrogen-bond acceptors (Lipinski definition) is 6. The molecule has 2 aromatic heterocycles. The molecule has 2 heterocycles. The van der Waals surface area contributed by atoms with Gasteiger partial charge in [0.2, 0.25) is 0 Å². The van der Waals surface area contributed by atoms with Gasteiger partial charge in [0.05, 0.1) is 16.4 Å². The Balaban J connectivity index is 1.96. The number of rotatable bonds is 2. The minimum absolute atomic E-state index is 0.761. The topological polar surface area (TPSA) is 64.7 Å². The Morgan fingerprint density at radius 1 is 1.24 bits per heavy atom. The van der Waals surface area contributed by atoms with Gasteiger partial charge in [-0.3, -0.25) is 4.98 Å². The molecule has 0 spiro atoms. The van der Waals surface area contributed by atoms with Crippen LogP contribution in [-0.4, -0.2) is 15.0 Å². The smallest absolute Gasteiger partial charge is 0.157 e. The van der Waals surface area contributed by atoms with Gasteiger partial charge in [0.15, 0.2) is 4.34 Å². The molecule has 0 bridgehead atoms. The lowest BCUT2D eigenvalue weighted by Gasteiger charge is -1.92. The van der Waals surface area contributed by atoms with Gasteiger partial charge in [-0.2, -0.15) is 0 Å². The van der Waals surface area contributed by atoms with Crippen molar-refractivity contribution in [3.05, 3.63) is 36.8 Å². The molecule has 1 aromatic carbocycles. The summed E-state index contributed by atoms with van der Waals surface area (Å²) in [5.41, 5.74) is 7.46. The molecule has 84 valence electrons. The van der Waals surface area contributed by atoms with Gasteiger partial charge in [-0.25, -0.2) is 9.97 Å².